The number of furan rings is 1. The topological polar surface area (TPSA) is 72.4 Å². The highest BCUT2D eigenvalue weighted by atomic mass is 79.9. The molecule has 0 saturated carbocycles. The van der Waals surface area contributed by atoms with Crippen LogP contribution in [0.4, 0.5) is 0 Å². The summed E-state index contributed by atoms with van der Waals surface area (Å²) in [4.78, 5) is 18.0. The van der Waals surface area contributed by atoms with Crippen LogP contribution in [0.25, 0.3) is 0 Å². The van der Waals surface area contributed by atoms with Crippen molar-refractivity contribution >= 4 is 33.2 Å². The van der Waals surface area contributed by atoms with Gasteiger partial charge in [0.2, 0.25) is 0 Å². The zero-order chi connectivity index (χ0) is 14.0. The Hall–Kier alpha value is -1.18. The van der Waals surface area contributed by atoms with Crippen LogP contribution in [0.3, 0.4) is 0 Å². The minimum atomic E-state index is -0.155. The van der Waals surface area contributed by atoms with E-state index in [9.17, 15) is 4.79 Å². The molecule has 0 spiro atoms. The van der Waals surface area contributed by atoms with E-state index in [-0.39, 0.29) is 11.9 Å². The fourth-order valence-electron chi connectivity index (χ4n) is 1.53. The number of carbonyl (C=O) groups excluding carboxylic acids is 1. The smallest absolute Gasteiger partial charge is 0.273 e. The first-order chi connectivity index (χ1) is 8.97. The van der Waals surface area contributed by atoms with E-state index in [4.69, 9.17) is 10.2 Å². The molecule has 0 radical (unpaired) electrons. The molecule has 1 amide bonds. The van der Waals surface area contributed by atoms with Crippen molar-refractivity contribution in [1.82, 2.24) is 9.88 Å². The van der Waals surface area contributed by atoms with Crippen molar-refractivity contribution in [1.29, 1.82) is 0 Å². The first kappa shape index (κ1) is 14.2. The van der Waals surface area contributed by atoms with E-state index in [0.717, 1.165) is 5.01 Å². The van der Waals surface area contributed by atoms with E-state index < -0.39 is 0 Å². The number of hydrogen-bond donors (Lipinski definition) is 1. The van der Waals surface area contributed by atoms with E-state index in [1.807, 2.05) is 13.0 Å². The summed E-state index contributed by atoms with van der Waals surface area (Å²) in [5.41, 5.74) is 6.15. The van der Waals surface area contributed by atoms with Gasteiger partial charge in [-0.15, -0.1) is 11.3 Å². The number of carbonyl (C=O) groups is 1. The second-order valence-electron chi connectivity index (χ2n) is 4.23. The Labute approximate surface area is 123 Å². The van der Waals surface area contributed by atoms with Crippen molar-refractivity contribution in [2.75, 3.05) is 7.05 Å². The molecular weight excluding hydrogens is 330 g/mol. The van der Waals surface area contributed by atoms with Gasteiger partial charge in [-0.05, 0) is 35.0 Å². The van der Waals surface area contributed by atoms with Gasteiger partial charge in [0, 0.05) is 12.4 Å². The van der Waals surface area contributed by atoms with Gasteiger partial charge < -0.3 is 15.1 Å². The number of thiazole rings is 1. The predicted molar refractivity (Wildman–Crippen MR) is 76.9 cm³/mol. The van der Waals surface area contributed by atoms with Gasteiger partial charge in [-0.3, -0.25) is 4.79 Å². The first-order valence-corrected chi connectivity index (χ1v) is 7.35. The summed E-state index contributed by atoms with van der Waals surface area (Å²) >= 11 is 4.63. The number of nitrogens with zero attached hydrogens (tertiary/aromatic N) is 2. The Kier molecular flexibility index (Phi) is 4.38. The molecule has 2 N–H and O–H groups in total. The van der Waals surface area contributed by atoms with Crippen molar-refractivity contribution in [3.63, 3.8) is 0 Å². The molecule has 0 aliphatic heterocycles. The molecule has 0 aliphatic carbocycles. The van der Waals surface area contributed by atoms with Crippen LogP contribution in [0, 0.1) is 0 Å². The van der Waals surface area contributed by atoms with E-state index in [1.54, 1.807) is 23.4 Å². The van der Waals surface area contributed by atoms with E-state index in [0.29, 0.717) is 22.7 Å². The average molecular weight is 344 g/mol. The first-order valence-electron chi connectivity index (χ1n) is 5.68. The Morgan fingerprint density at radius 3 is 2.89 bits per heavy atom. The Bertz CT molecular complexity index is 579. The van der Waals surface area contributed by atoms with E-state index in [2.05, 4.69) is 20.9 Å². The maximum absolute atomic E-state index is 12.2. The second kappa shape index (κ2) is 5.85. The predicted octanol–water partition coefficient (Wildman–Crippen LogP) is 2.79. The van der Waals surface area contributed by atoms with Crippen LogP contribution in [0.1, 0.15) is 34.2 Å². The van der Waals surface area contributed by atoms with Gasteiger partial charge in [0.1, 0.15) is 16.5 Å². The summed E-state index contributed by atoms with van der Waals surface area (Å²) in [5, 5.41) is 2.49. The van der Waals surface area contributed by atoms with Gasteiger partial charge in [-0.1, -0.05) is 0 Å². The molecule has 2 heterocycles. The summed E-state index contributed by atoms with van der Waals surface area (Å²) in [5.74, 6) is 0.570. The molecule has 2 rings (SSSR count). The van der Waals surface area contributed by atoms with E-state index in [1.165, 1.54) is 11.3 Å². The largest absolute Gasteiger partial charge is 0.452 e. The van der Waals surface area contributed by atoms with E-state index >= 15 is 0 Å². The Morgan fingerprint density at radius 2 is 2.37 bits per heavy atom. The summed E-state index contributed by atoms with van der Waals surface area (Å²) in [6, 6.07) is 3.46. The number of amides is 1. The lowest BCUT2D eigenvalue weighted by Crippen LogP contribution is -2.26. The van der Waals surface area contributed by atoms with Crippen LogP contribution >= 0.6 is 27.3 Å². The van der Waals surface area contributed by atoms with Crippen LogP contribution in [-0.4, -0.2) is 22.8 Å². The fourth-order valence-corrected chi connectivity index (χ4v) is 2.62. The van der Waals surface area contributed by atoms with Crippen LogP contribution in [0.15, 0.2) is 26.6 Å². The number of hydrogen-bond acceptors (Lipinski definition) is 5. The minimum Gasteiger partial charge on any atom is -0.452 e. The number of aromatic nitrogens is 1. The lowest BCUT2D eigenvalue weighted by Gasteiger charge is -2.13. The molecule has 102 valence electrons. The quantitative estimate of drug-likeness (QED) is 0.926. The van der Waals surface area contributed by atoms with Gasteiger partial charge in [0.25, 0.3) is 5.91 Å². The molecule has 2 aromatic heterocycles. The van der Waals surface area contributed by atoms with Crippen LogP contribution in [0.2, 0.25) is 0 Å². The van der Waals surface area contributed by atoms with Crippen molar-refractivity contribution in [2.45, 2.75) is 19.5 Å². The number of nitrogens with two attached hydrogens (primary N) is 1. The van der Waals surface area contributed by atoms with Crippen molar-refractivity contribution < 1.29 is 9.21 Å². The Morgan fingerprint density at radius 1 is 1.63 bits per heavy atom. The third-order valence-corrected chi connectivity index (χ3v) is 3.97. The highest BCUT2D eigenvalue weighted by Crippen LogP contribution is 2.19. The van der Waals surface area contributed by atoms with Gasteiger partial charge in [0.15, 0.2) is 4.67 Å². The standard InChI is InChI=1S/C12H14BrN3O2S/c1-7(14)11-15-9(6-19-11)12(17)16(2)5-8-3-4-10(13)18-8/h3-4,6-7H,5,14H2,1-2H3. The highest BCUT2D eigenvalue weighted by molar-refractivity contribution is 9.10. The monoisotopic (exact) mass is 343 g/mol. The van der Waals surface area contributed by atoms with Gasteiger partial charge >= 0.3 is 0 Å². The van der Waals surface area contributed by atoms with Crippen molar-refractivity contribution in [3.8, 4) is 0 Å². The maximum Gasteiger partial charge on any atom is 0.273 e. The van der Waals surface area contributed by atoms with Crippen LogP contribution in [-0.2, 0) is 6.54 Å². The molecule has 0 bridgehead atoms. The molecule has 2 aromatic rings. The SMILES string of the molecule is CC(N)c1nc(C(=O)N(C)Cc2ccc(Br)o2)cs1. The summed E-state index contributed by atoms with van der Waals surface area (Å²) in [6.45, 7) is 2.24. The van der Waals surface area contributed by atoms with Gasteiger partial charge in [-0.25, -0.2) is 4.98 Å². The molecule has 0 aliphatic rings. The summed E-state index contributed by atoms with van der Waals surface area (Å²) in [6.07, 6.45) is 0. The highest BCUT2D eigenvalue weighted by Gasteiger charge is 2.17. The molecule has 0 saturated heterocycles. The van der Waals surface area contributed by atoms with Crippen LogP contribution in [0.5, 0.6) is 0 Å². The normalized spacial score (nSPS) is 12.4. The average Bonchev–Trinajstić information content (AvgIpc) is 2.97. The summed E-state index contributed by atoms with van der Waals surface area (Å²) in [7, 11) is 1.71. The lowest BCUT2D eigenvalue weighted by atomic mass is 10.3. The molecular formula is C12H14BrN3O2S. The molecule has 0 fully saturated rings. The second-order valence-corrected chi connectivity index (χ2v) is 5.90. The van der Waals surface area contributed by atoms with Gasteiger partial charge in [-0.2, -0.15) is 0 Å². The molecule has 19 heavy (non-hydrogen) atoms. The molecule has 1 atom stereocenters. The molecule has 5 nitrogen and oxygen atoms in total. The third kappa shape index (κ3) is 3.43. The molecule has 0 aromatic carbocycles. The molecule has 1 unspecified atom stereocenters. The Balaban J connectivity index is 2.05. The maximum atomic E-state index is 12.2. The zero-order valence-corrected chi connectivity index (χ0v) is 13.0. The third-order valence-electron chi connectivity index (χ3n) is 2.50. The molecule has 7 heteroatoms. The summed E-state index contributed by atoms with van der Waals surface area (Å²) < 4.78 is 6.02. The number of halogens is 1. The lowest BCUT2D eigenvalue weighted by molar-refractivity contribution is 0.0770. The zero-order valence-electron chi connectivity index (χ0n) is 10.6. The van der Waals surface area contributed by atoms with Crippen LogP contribution < -0.4 is 5.73 Å². The fraction of sp³-hybridized carbons (Fsp3) is 0.333. The number of rotatable bonds is 4. The van der Waals surface area contributed by atoms with Gasteiger partial charge in [0.05, 0.1) is 12.6 Å². The van der Waals surface area contributed by atoms with Crippen molar-refractivity contribution in [2.24, 2.45) is 5.73 Å². The minimum absolute atomic E-state index is 0.143. The van der Waals surface area contributed by atoms with Crippen molar-refractivity contribution in [3.05, 3.63) is 38.6 Å².